The minimum absolute atomic E-state index is 0.324. The van der Waals surface area contributed by atoms with Crippen molar-refractivity contribution in [3.05, 3.63) is 47.7 Å². The van der Waals surface area contributed by atoms with Crippen molar-refractivity contribution in [3.63, 3.8) is 0 Å². The largest absolute Gasteiger partial charge is 0.573 e. The van der Waals surface area contributed by atoms with Gasteiger partial charge in [-0.2, -0.15) is 5.10 Å². The molecule has 2 fully saturated rings. The van der Waals surface area contributed by atoms with Crippen LogP contribution in [0.5, 0.6) is 5.75 Å². The van der Waals surface area contributed by atoms with Gasteiger partial charge in [0.1, 0.15) is 11.4 Å². The summed E-state index contributed by atoms with van der Waals surface area (Å²) in [6.45, 7) is 5.01. The van der Waals surface area contributed by atoms with Gasteiger partial charge in [0.2, 0.25) is 0 Å². The Morgan fingerprint density at radius 3 is 2.27 bits per heavy atom. The third kappa shape index (κ3) is 3.72. The van der Waals surface area contributed by atoms with Gasteiger partial charge in [0.05, 0.1) is 6.20 Å². The fourth-order valence-corrected chi connectivity index (χ4v) is 4.79. The summed E-state index contributed by atoms with van der Waals surface area (Å²) in [4.78, 5) is 4.22. The molecule has 1 unspecified atom stereocenters. The third-order valence-electron chi connectivity index (χ3n) is 6.11. The van der Waals surface area contributed by atoms with Crippen LogP contribution in [-0.2, 0) is 5.60 Å². The Hall–Kier alpha value is -2.39. The monoisotopic (exact) mass is 422 g/mol. The van der Waals surface area contributed by atoms with Gasteiger partial charge in [-0.25, -0.2) is 0 Å². The number of halogens is 3. The average molecular weight is 422 g/mol. The first-order chi connectivity index (χ1) is 14.1. The van der Waals surface area contributed by atoms with E-state index in [9.17, 15) is 18.3 Å². The Labute approximate surface area is 173 Å². The fourth-order valence-electron chi connectivity index (χ4n) is 4.79. The van der Waals surface area contributed by atoms with Gasteiger partial charge in [-0.3, -0.25) is 0 Å². The van der Waals surface area contributed by atoms with Crippen molar-refractivity contribution in [2.24, 2.45) is 5.41 Å². The zero-order valence-corrected chi connectivity index (χ0v) is 17.0. The van der Waals surface area contributed by atoms with E-state index in [1.54, 1.807) is 6.20 Å². The molecule has 6 nitrogen and oxygen atoms in total. The Bertz CT molecular complexity index is 894. The van der Waals surface area contributed by atoms with E-state index in [1.807, 2.05) is 20.0 Å². The van der Waals surface area contributed by atoms with Crippen LogP contribution in [0.4, 0.5) is 19.0 Å². The Morgan fingerprint density at radius 2 is 1.70 bits per heavy atom. The second kappa shape index (κ2) is 7.39. The van der Waals surface area contributed by atoms with Crippen molar-refractivity contribution in [1.82, 2.24) is 15.1 Å². The topological polar surface area (TPSA) is 61.7 Å². The van der Waals surface area contributed by atoms with Crippen LogP contribution in [0, 0.1) is 5.41 Å². The van der Waals surface area contributed by atoms with Crippen molar-refractivity contribution in [1.29, 1.82) is 0 Å². The Balaban J connectivity index is 1.74. The molecule has 0 aliphatic carbocycles. The van der Waals surface area contributed by atoms with E-state index < -0.39 is 17.4 Å². The lowest BCUT2D eigenvalue weighted by atomic mass is 9.62. The van der Waals surface area contributed by atoms with E-state index in [0.717, 1.165) is 25.9 Å². The molecular weight excluding hydrogens is 397 g/mol. The van der Waals surface area contributed by atoms with Crippen LogP contribution in [0.3, 0.4) is 0 Å². The van der Waals surface area contributed by atoms with Crippen LogP contribution in [0.25, 0.3) is 0 Å². The van der Waals surface area contributed by atoms with E-state index in [4.69, 9.17) is 0 Å². The predicted octanol–water partition coefficient (Wildman–Crippen LogP) is 3.16. The lowest BCUT2D eigenvalue weighted by molar-refractivity contribution is -0.274. The first-order valence-electron chi connectivity index (χ1n) is 9.96. The van der Waals surface area contributed by atoms with Gasteiger partial charge in [0, 0.05) is 37.2 Å². The summed E-state index contributed by atoms with van der Waals surface area (Å²) in [5.74, 6) is 0.381. The molecule has 162 valence electrons. The van der Waals surface area contributed by atoms with Gasteiger partial charge in [-0.1, -0.05) is 19.1 Å². The summed E-state index contributed by atoms with van der Waals surface area (Å²) >= 11 is 0. The zero-order chi connectivity index (χ0) is 21.6. The minimum Gasteiger partial charge on any atom is -0.406 e. The SMILES string of the molecule is CN1CC(C)(C(O)(c2ccc(OC(F)(F)F)cc2)c2cnnc(N3CCCC3)c2)C1. The third-order valence-corrected chi connectivity index (χ3v) is 6.11. The fraction of sp³-hybridized carbons (Fsp3) is 0.524. The molecule has 0 spiro atoms. The van der Waals surface area contributed by atoms with E-state index >= 15 is 0 Å². The second-order valence-electron chi connectivity index (χ2n) is 8.51. The molecule has 1 aromatic heterocycles. The van der Waals surface area contributed by atoms with Crippen LogP contribution in [0.2, 0.25) is 0 Å². The van der Waals surface area contributed by atoms with Crippen LogP contribution in [-0.4, -0.2) is 59.8 Å². The van der Waals surface area contributed by atoms with E-state index in [1.165, 1.54) is 24.3 Å². The van der Waals surface area contributed by atoms with Crippen LogP contribution >= 0.6 is 0 Å². The van der Waals surface area contributed by atoms with Gasteiger partial charge in [-0.05, 0) is 43.7 Å². The molecule has 2 saturated heterocycles. The van der Waals surface area contributed by atoms with Crippen LogP contribution in [0.1, 0.15) is 30.9 Å². The normalized spacial score (nSPS) is 21.2. The molecule has 3 heterocycles. The first kappa shape index (κ1) is 20.9. The molecule has 2 aromatic rings. The molecule has 30 heavy (non-hydrogen) atoms. The average Bonchev–Trinajstić information content (AvgIpc) is 3.20. The number of hydrogen-bond acceptors (Lipinski definition) is 6. The first-order valence-corrected chi connectivity index (χ1v) is 9.96. The number of alkyl halides is 3. The Morgan fingerprint density at radius 1 is 1.07 bits per heavy atom. The van der Waals surface area contributed by atoms with Gasteiger partial charge in [-0.15, -0.1) is 18.3 Å². The maximum atomic E-state index is 12.5. The number of hydrogen-bond donors (Lipinski definition) is 1. The smallest absolute Gasteiger partial charge is 0.406 e. The lowest BCUT2D eigenvalue weighted by Crippen LogP contribution is -2.63. The number of anilines is 1. The van der Waals surface area contributed by atoms with Crippen molar-refractivity contribution in [2.75, 3.05) is 38.1 Å². The Kier molecular flexibility index (Phi) is 5.14. The highest BCUT2D eigenvalue weighted by molar-refractivity contribution is 5.47. The molecule has 9 heteroatoms. The molecule has 2 aliphatic rings. The highest BCUT2D eigenvalue weighted by atomic mass is 19.4. The molecule has 0 amide bonds. The molecule has 1 atom stereocenters. The standard InChI is InChI=1S/C21H25F3N4O2/c1-19(13-27(2)14-19)20(29,15-5-7-17(8-6-15)30-21(22,23)24)16-11-18(26-25-12-16)28-9-3-4-10-28/h5-8,11-12,29H,3-4,9-10,13-14H2,1-2H3. The summed E-state index contributed by atoms with van der Waals surface area (Å²) in [5.41, 5.74) is -0.910. The van der Waals surface area contributed by atoms with Crippen molar-refractivity contribution in [3.8, 4) is 5.75 Å². The molecule has 2 aliphatic heterocycles. The second-order valence-corrected chi connectivity index (χ2v) is 8.51. The highest BCUT2D eigenvalue weighted by Crippen LogP contribution is 2.50. The summed E-state index contributed by atoms with van der Waals surface area (Å²) < 4.78 is 41.6. The van der Waals surface area contributed by atoms with Gasteiger partial charge >= 0.3 is 6.36 Å². The number of nitrogens with zero attached hydrogens (tertiary/aromatic N) is 4. The van der Waals surface area contributed by atoms with Gasteiger partial charge in [0.25, 0.3) is 0 Å². The van der Waals surface area contributed by atoms with Crippen molar-refractivity contribution < 1.29 is 23.0 Å². The molecule has 1 aromatic carbocycles. The maximum Gasteiger partial charge on any atom is 0.573 e. The summed E-state index contributed by atoms with van der Waals surface area (Å²) in [6.07, 6.45) is -1.05. The number of likely N-dealkylation sites (tertiary alicyclic amines) is 1. The van der Waals surface area contributed by atoms with Crippen molar-refractivity contribution >= 4 is 5.82 Å². The van der Waals surface area contributed by atoms with Crippen LogP contribution < -0.4 is 9.64 Å². The minimum atomic E-state index is -4.76. The van der Waals surface area contributed by atoms with E-state index in [-0.39, 0.29) is 5.75 Å². The van der Waals surface area contributed by atoms with Gasteiger partial charge in [0.15, 0.2) is 5.82 Å². The zero-order valence-electron chi connectivity index (χ0n) is 17.0. The summed E-state index contributed by atoms with van der Waals surface area (Å²) in [5, 5.41) is 20.4. The quantitative estimate of drug-likeness (QED) is 0.799. The lowest BCUT2D eigenvalue weighted by Gasteiger charge is -2.55. The molecule has 0 saturated carbocycles. The van der Waals surface area contributed by atoms with Gasteiger partial charge < -0.3 is 19.6 Å². The molecule has 4 rings (SSSR count). The molecule has 0 bridgehead atoms. The number of aromatic nitrogens is 2. The summed E-state index contributed by atoms with van der Waals surface area (Å²) in [6, 6.07) is 7.29. The van der Waals surface area contributed by atoms with Crippen LogP contribution in [0.15, 0.2) is 36.5 Å². The van der Waals surface area contributed by atoms with E-state index in [2.05, 4.69) is 24.7 Å². The number of benzene rings is 1. The molecular formula is C21H25F3N4O2. The number of aliphatic hydroxyl groups is 1. The maximum absolute atomic E-state index is 12.5. The highest BCUT2D eigenvalue weighted by Gasteiger charge is 2.55. The predicted molar refractivity (Wildman–Crippen MR) is 105 cm³/mol. The molecule has 0 radical (unpaired) electrons. The molecule has 1 N–H and O–H groups in total. The summed E-state index contributed by atoms with van der Waals surface area (Å²) in [7, 11) is 1.96. The van der Waals surface area contributed by atoms with E-state index in [0.29, 0.717) is 30.0 Å². The van der Waals surface area contributed by atoms with Crippen molar-refractivity contribution in [2.45, 2.75) is 31.7 Å². The number of ether oxygens (including phenoxy) is 1. The number of rotatable bonds is 5.